The molecule has 0 saturated carbocycles. The zero-order valence-electron chi connectivity index (χ0n) is 13.0. The Morgan fingerprint density at radius 3 is 2.74 bits per heavy atom. The Morgan fingerprint density at radius 2 is 2.00 bits per heavy atom. The molecular weight excluding hydrogens is 292 g/mol. The maximum absolute atomic E-state index is 12.0. The lowest BCUT2D eigenvalue weighted by Gasteiger charge is -2.15. The Balaban J connectivity index is 1.63. The number of rotatable bonds is 5. The number of hydrogen-bond donors (Lipinski definition) is 0. The van der Waals surface area contributed by atoms with E-state index in [-0.39, 0.29) is 11.5 Å². The van der Waals surface area contributed by atoms with Gasteiger partial charge in [0.05, 0.1) is 5.69 Å². The van der Waals surface area contributed by atoms with Crippen molar-refractivity contribution >= 4 is 5.91 Å². The Labute approximate surface area is 134 Å². The van der Waals surface area contributed by atoms with Crippen LogP contribution in [-0.2, 0) is 11.3 Å². The van der Waals surface area contributed by atoms with Crippen molar-refractivity contribution < 1.29 is 4.79 Å². The Bertz CT molecular complexity index is 721. The van der Waals surface area contributed by atoms with Crippen molar-refractivity contribution in [1.29, 1.82) is 0 Å². The number of carbonyl (C=O) groups excluding carboxylic acids is 1. The molecule has 2 aromatic heterocycles. The van der Waals surface area contributed by atoms with E-state index in [0.29, 0.717) is 25.1 Å². The number of hydrogen-bond acceptors (Lipinski definition) is 4. The molecule has 1 amide bonds. The van der Waals surface area contributed by atoms with Gasteiger partial charge in [-0.15, -0.1) is 0 Å². The summed E-state index contributed by atoms with van der Waals surface area (Å²) in [7, 11) is 0. The van der Waals surface area contributed by atoms with E-state index >= 15 is 0 Å². The van der Waals surface area contributed by atoms with Crippen LogP contribution in [0.1, 0.15) is 25.7 Å². The van der Waals surface area contributed by atoms with E-state index in [9.17, 15) is 9.59 Å². The number of likely N-dealkylation sites (tertiary alicyclic amines) is 1. The maximum Gasteiger partial charge on any atom is 0.266 e. The number of pyridine rings is 1. The molecule has 0 aromatic carbocycles. The summed E-state index contributed by atoms with van der Waals surface area (Å²) in [6.45, 7) is 2.19. The molecule has 6 heteroatoms. The lowest BCUT2D eigenvalue weighted by Crippen LogP contribution is -2.28. The lowest BCUT2D eigenvalue weighted by molar-refractivity contribution is -0.130. The highest BCUT2D eigenvalue weighted by molar-refractivity contribution is 5.76. The highest BCUT2D eigenvalue weighted by Gasteiger charge is 2.17. The Hall–Kier alpha value is -2.50. The molecular formula is C17H20N4O2. The number of aromatic nitrogens is 3. The predicted molar refractivity (Wildman–Crippen MR) is 86.8 cm³/mol. The minimum atomic E-state index is -0.147. The second kappa shape index (κ2) is 7.17. The zero-order valence-corrected chi connectivity index (χ0v) is 13.0. The third-order valence-electron chi connectivity index (χ3n) is 4.04. The van der Waals surface area contributed by atoms with Gasteiger partial charge in [0, 0.05) is 50.1 Å². The summed E-state index contributed by atoms with van der Waals surface area (Å²) in [6.07, 6.45) is 6.70. The molecule has 0 unspecified atom stereocenters. The first kappa shape index (κ1) is 15.4. The molecule has 23 heavy (non-hydrogen) atoms. The fraction of sp³-hybridized carbons (Fsp3) is 0.412. The molecule has 0 N–H and O–H groups in total. The molecule has 0 bridgehead atoms. The van der Waals surface area contributed by atoms with Gasteiger partial charge >= 0.3 is 0 Å². The van der Waals surface area contributed by atoms with Crippen molar-refractivity contribution in [3.8, 4) is 11.3 Å². The fourth-order valence-electron chi connectivity index (χ4n) is 2.78. The maximum atomic E-state index is 12.0. The zero-order chi connectivity index (χ0) is 16.1. The molecule has 1 saturated heterocycles. The first-order valence-corrected chi connectivity index (χ1v) is 8.00. The van der Waals surface area contributed by atoms with Gasteiger partial charge in [0.15, 0.2) is 0 Å². The molecule has 0 aliphatic carbocycles. The van der Waals surface area contributed by atoms with Crippen LogP contribution in [0, 0.1) is 0 Å². The number of aryl methyl sites for hydroxylation is 1. The minimum absolute atomic E-state index is 0.147. The summed E-state index contributed by atoms with van der Waals surface area (Å²) in [5, 5.41) is 4.38. The van der Waals surface area contributed by atoms with Crippen LogP contribution in [0.5, 0.6) is 0 Å². The highest BCUT2D eigenvalue weighted by atomic mass is 16.2. The largest absolute Gasteiger partial charge is 0.343 e. The van der Waals surface area contributed by atoms with Gasteiger partial charge in [-0.05, 0) is 37.5 Å². The van der Waals surface area contributed by atoms with Crippen LogP contribution in [0.3, 0.4) is 0 Å². The second-order valence-corrected chi connectivity index (χ2v) is 5.71. The van der Waals surface area contributed by atoms with Gasteiger partial charge in [-0.25, -0.2) is 4.68 Å². The summed E-state index contributed by atoms with van der Waals surface area (Å²) in [6, 6.07) is 6.95. The third-order valence-corrected chi connectivity index (χ3v) is 4.04. The molecule has 0 spiro atoms. The van der Waals surface area contributed by atoms with Crippen LogP contribution in [-0.4, -0.2) is 38.7 Å². The average molecular weight is 312 g/mol. The number of nitrogens with zero attached hydrogens (tertiary/aromatic N) is 4. The second-order valence-electron chi connectivity index (χ2n) is 5.71. The van der Waals surface area contributed by atoms with E-state index < -0.39 is 0 Å². The summed E-state index contributed by atoms with van der Waals surface area (Å²) >= 11 is 0. The van der Waals surface area contributed by atoms with Crippen molar-refractivity contribution in [3.05, 3.63) is 47.0 Å². The molecule has 3 rings (SSSR count). The van der Waals surface area contributed by atoms with E-state index in [2.05, 4.69) is 10.1 Å². The summed E-state index contributed by atoms with van der Waals surface area (Å²) < 4.78 is 1.43. The molecule has 0 radical (unpaired) electrons. The number of carbonyl (C=O) groups is 1. The molecule has 6 nitrogen and oxygen atoms in total. The minimum Gasteiger partial charge on any atom is -0.343 e. The SMILES string of the molecule is O=C(CCCn1nc(-c2cccnc2)ccc1=O)N1CCCC1. The fourth-order valence-corrected chi connectivity index (χ4v) is 2.78. The van der Waals surface area contributed by atoms with Crippen LogP contribution in [0.2, 0.25) is 0 Å². The van der Waals surface area contributed by atoms with Gasteiger partial charge in [-0.3, -0.25) is 14.6 Å². The number of amides is 1. The Morgan fingerprint density at radius 1 is 1.17 bits per heavy atom. The van der Waals surface area contributed by atoms with Crippen LogP contribution in [0.15, 0.2) is 41.5 Å². The van der Waals surface area contributed by atoms with Gasteiger partial charge < -0.3 is 4.90 Å². The van der Waals surface area contributed by atoms with E-state index in [1.165, 1.54) is 10.7 Å². The van der Waals surface area contributed by atoms with E-state index in [0.717, 1.165) is 31.5 Å². The molecule has 1 fully saturated rings. The first-order chi connectivity index (χ1) is 11.2. The van der Waals surface area contributed by atoms with E-state index in [1.54, 1.807) is 18.5 Å². The quantitative estimate of drug-likeness (QED) is 0.843. The molecule has 2 aromatic rings. The molecule has 3 heterocycles. The van der Waals surface area contributed by atoms with Crippen molar-refractivity contribution in [2.75, 3.05) is 13.1 Å². The van der Waals surface area contributed by atoms with Crippen LogP contribution in [0.4, 0.5) is 0 Å². The molecule has 0 atom stereocenters. The normalized spacial score (nSPS) is 14.2. The summed E-state index contributed by atoms with van der Waals surface area (Å²) in [5.41, 5.74) is 1.43. The van der Waals surface area contributed by atoms with E-state index in [4.69, 9.17) is 0 Å². The smallest absolute Gasteiger partial charge is 0.266 e. The summed E-state index contributed by atoms with van der Waals surface area (Å²) in [4.78, 5) is 29.9. The van der Waals surface area contributed by atoms with Crippen molar-refractivity contribution in [2.24, 2.45) is 0 Å². The highest BCUT2D eigenvalue weighted by Crippen LogP contribution is 2.13. The van der Waals surface area contributed by atoms with Crippen molar-refractivity contribution in [2.45, 2.75) is 32.2 Å². The van der Waals surface area contributed by atoms with Gasteiger partial charge in [0.2, 0.25) is 5.91 Å². The monoisotopic (exact) mass is 312 g/mol. The van der Waals surface area contributed by atoms with Crippen LogP contribution in [0.25, 0.3) is 11.3 Å². The lowest BCUT2D eigenvalue weighted by atomic mass is 10.2. The van der Waals surface area contributed by atoms with Crippen molar-refractivity contribution in [3.63, 3.8) is 0 Å². The van der Waals surface area contributed by atoms with Gasteiger partial charge in [0.25, 0.3) is 5.56 Å². The molecule has 120 valence electrons. The topological polar surface area (TPSA) is 68.1 Å². The molecule has 1 aliphatic rings. The van der Waals surface area contributed by atoms with Crippen molar-refractivity contribution in [1.82, 2.24) is 19.7 Å². The summed E-state index contributed by atoms with van der Waals surface area (Å²) in [5.74, 6) is 0.180. The van der Waals surface area contributed by atoms with Gasteiger partial charge in [-0.1, -0.05) is 0 Å². The third kappa shape index (κ3) is 3.83. The van der Waals surface area contributed by atoms with Gasteiger partial charge in [0.1, 0.15) is 0 Å². The average Bonchev–Trinajstić information content (AvgIpc) is 3.12. The van der Waals surface area contributed by atoms with E-state index in [1.807, 2.05) is 17.0 Å². The van der Waals surface area contributed by atoms with Crippen LogP contribution < -0.4 is 5.56 Å². The molecule has 1 aliphatic heterocycles. The van der Waals surface area contributed by atoms with Crippen LogP contribution >= 0.6 is 0 Å². The van der Waals surface area contributed by atoms with Gasteiger partial charge in [-0.2, -0.15) is 5.10 Å². The Kier molecular flexibility index (Phi) is 4.80. The predicted octanol–water partition coefficient (Wildman–Crippen LogP) is 1.71. The first-order valence-electron chi connectivity index (χ1n) is 8.00. The standard InChI is InChI=1S/C17H20N4O2/c22-16(20-10-1-2-11-20)6-4-12-21-17(23)8-7-15(19-21)14-5-3-9-18-13-14/h3,5,7-9,13H,1-2,4,6,10-12H2.